The molecule has 1 aromatic carbocycles. The number of aromatic nitrogens is 4. The number of amides is 1. The first-order chi connectivity index (χ1) is 20.7. The topological polar surface area (TPSA) is 103 Å². The molecule has 10 nitrogen and oxygen atoms in total. The molecule has 3 aromatic heterocycles. The van der Waals surface area contributed by atoms with Gasteiger partial charge >= 0.3 is 18.4 Å². The highest BCUT2D eigenvalue weighted by Crippen LogP contribution is 2.41. The quantitative estimate of drug-likeness (QED) is 0.248. The fourth-order valence-electron chi connectivity index (χ4n) is 5.54. The van der Waals surface area contributed by atoms with Crippen LogP contribution < -0.4 is 5.32 Å². The lowest BCUT2D eigenvalue weighted by molar-refractivity contribution is -0.141. The van der Waals surface area contributed by atoms with Crippen LogP contribution in [0.5, 0.6) is 0 Å². The van der Waals surface area contributed by atoms with Crippen molar-refractivity contribution in [2.24, 2.45) is 0 Å². The first-order valence-electron chi connectivity index (χ1n) is 14.8. The number of carbonyl (C=O) groups is 2. The van der Waals surface area contributed by atoms with Crippen LogP contribution in [0.3, 0.4) is 0 Å². The lowest BCUT2D eigenvalue weighted by atomic mass is 9.88. The zero-order chi connectivity index (χ0) is 33.1. The normalized spacial score (nSPS) is 17.5. The maximum absolute atomic E-state index is 14.8. The number of nitrogens with one attached hydrogen (secondary N) is 1. The van der Waals surface area contributed by atoms with Crippen LogP contribution in [-0.4, -0.2) is 65.3 Å². The van der Waals surface area contributed by atoms with E-state index >= 15 is 0 Å². The van der Waals surface area contributed by atoms with Gasteiger partial charge in [0, 0.05) is 47.7 Å². The summed E-state index contributed by atoms with van der Waals surface area (Å²) >= 11 is 0. The van der Waals surface area contributed by atoms with Gasteiger partial charge in [0.15, 0.2) is 17.2 Å². The van der Waals surface area contributed by atoms with Crippen LogP contribution in [0.4, 0.5) is 28.6 Å². The molecule has 45 heavy (non-hydrogen) atoms. The molecule has 0 aliphatic carbocycles. The van der Waals surface area contributed by atoms with E-state index in [1.165, 1.54) is 23.2 Å². The largest absolute Gasteiger partial charge is 0.444 e. The van der Waals surface area contributed by atoms with Crippen molar-refractivity contribution in [2.45, 2.75) is 97.2 Å². The molecule has 0 radical (unpaired) electrons. The van der Waals surface area contributed by atoms with Gasteiger partial charge in [-0.25, -0.2) is 19.6 Å². The smallest absolute Gasteiger partial charge is 0.433 e. The van der Waals surface area contributed by atoms with E-state index in [-0.39, 0.29) is 35.3 Å². The molecule has 13 heteroatoms. The van der Waals surface area contributed by atoms with E-state index in [1.807, 2.05) is 13.8 Å². The Morgan fingerprint density at radius 3 is 2.29 bits per heavy atom. The van der Waals surface area contributed by atoms with Crippen LogP contribution in [-0.2, 0) is 15.7 Å². The van der Waals surface area contributed by atoms with E-state index in [4.69, 9.17) is 9.47 Å². The molecule has 1 fully saturated rings. The third-order valence-electron chi connectivity index (χ3n) is 7.56. The number of nitrogens with zero attached hydrogens (tertiary/aromatic N) is 5. The molecule has 1 N–H and O–H groups in total. The summed E-state index contributed by atoms with van der Waals surface area (Å²) in [6.45, 7) is 14.7. The van der Waals surface area contributed by atoms with E-state index in [0.29, 0.717) is 23.7 Å². The van der Waals surface area contributed by atoms with Crippen LogP contribution in [0.2, 0.25) is 0 Å². The number of imidazole rings is 1. The summed E-state index contributed by atoms with van der Waals surface area (Å²) in [5, 5.41) is 3.67. The summed E-state index contributed by atoms with van der Waals surface area (Å²) in [6, 6.07) is 6.30. The number of ether oxygens (including phenoxy) is 2. The monoisotopic (exact) mass is 628 g/mol. The fraction of sp³-hybridized carbons (Fsp3) is 0.500. The summed E-state index contributed by atoms with van der Waals surface area (Å²) < 4.78 is 57.8. The Morgan fingerprint density at radius 1 is 1.00 bits per heavy atom. The number of benzene rings is 1. The lowest BCUT2D eigenvalue weighted by Crippen LogP contribution is -2.57. The van der Waals surface area contributed by atoms with E-state index in [0.717, 1.165) is 4.40 Å². The minimum absolute atomic E-state index is 0.0180. The number of alkyl halides is 3. The maximum atomic E-state index is 14.8. The highest BCUT2D eigenvalue weighted by Gasteiger charge is 2.42. The van der Waals surface area contributed by atoms with E-state index < -0.39 is 40.8 Å². The lowest BCUT2D eigenvalue weighted by Gasteiger charge is -2.45. The third-order valence-corrected chi connectivity index (χ3v) is 7.56. The van der Waals surface area contributed by atoms with Gasteiger partial charge in [0.1, 0.15) is 16.9 Å². The summed E-state index contributed by atoms with van der Waals surface area (Å²) in [6.07, 6.45) is -0.942. The van der Waals surface area contributed by atoms with Crippen molar-refractivity contribution in [2.75, 3.05) is 11.9 Å². The molecule has 1 unspecified atom stereocenters. The van der Waals surface area contributed by atoms with Crippen LogP contribution in [0.1, 0.15) is 73.9 Å². The molecule has 4 heterocycles. The molecule has 0 spiro atoms. The third kappa shape index (κ3) is 6.57. The van der Waals surface area contributed by atoms with Crippen molar-refractivity contribution >= 4 is 34.6 Å². The number of piperidine rings is 1. The second-order valence-corrected chi connectivity index (χ2v) is 14.0. The number of hydrogen-bond donors (Lipinski definition) is 1. The molecule has 1 saturated heterocycles. The van der Waals surface area contributed by atoms with Gasteiger partial charge in [0.25, 0.3) is 0 Å². The summed E-state index contributed by atoms with van der Waals surface area (Å²) in [5.74, 6) is 0.117. The average Bonchev–Trinajstić information content (AvgIpc) is 3.52. The van der Waals surface area contributed by atoms with Crippen LogP contribution in [0, 0.1) is 0 Å². The number of halogens is 3. The molecule has 1 atom stereocenters. The van der Waals surface area contributed by atoms with Crippen LogP contribution in [0.25, 0.3) is 27.8 Å². The van der Waals surface area contributed by atoms with E-state index in [1.54, 1.807) is 70.7 Å². The second kappa shape index (κ2) is 11.0. The van der Waals surface area contributed by atoms with Gasteiger partial charge in [-0.15, -0.1) is 0 Å². The standard InChI is InChI=1S/C32H39F3N6O4/c1-29(2,3)44-27(42)40-18-21(20-11-9-10-12-22(20)40)23-24(32(33,34)35)39-16-15-36-26(39)25(38-23)37-19-13-14-31(7,8)41(17-19)28(43)45-30(4,5)6/h9-12,15-16,18-19H,13-14,17H2,1-8H3,(H,37,38). The van der Waals surface area contributed by atoms with Gasteiger partial charge in [-0.1, -0.05) is 18.2 Å². The van der Waals surface area contributed by atoms with Crippen molar-refractivity contribution < 1.29 is 32.2 Å². The number of fused-ring (bicyclic) bond motifs is 2. The Hall–Kier alpha value is -4.29. The maximum Gasteiger partial charge on any atom is 0.433 e. The summed E-state index contributed by atoms with van der Waals surface area (Å²) in [7, 11) is 0. The molecular formula is C32H39F3N6O4. The Balaban J connectivity index is 1.63. The van der Waals surface area contributed by atoms with Crippen molar-refractivity contribution in [3.63, 3.8) is 0 Å². The second-order valence-electron chi connectivity index (χ2n) is 14.0. The van der Waals surface area contributed by atoms with E-state index in [9.17, 15) is 22.8 Å². The fourth-order valence-corrected chi connectivity index (χ4v) is 5.54. The van der Waals surface area contributed by atoms with E-state index in [2.05, 4.69) is 15.3 Å². The molecule has 0 bridgehead atoms. The number of carbonyl (C=O) groups excluding carboxylic acids is 2. The number of anilines is 1. The minimum atomic E-state index is -4.82. The molecule has 1 amide bonds. The Morgan fingerprint density at radius 2 is 1.64 bits per heavy atom. The molecule has 1 aliphatic heterocycles. The number of rotatable bonds is 3. The SMILES string of the molecule is CC(C)(C)OC(=O)N1CC(Nc2nc(-c3cn(C(=O)OC(C)(C)C)c4ccccc34)c(C(F)(F)F)n3ccnc23)CCC1(C)C. The van der Waals surface area contributed by atoms with Gasteiger partial charge in [0.2, 0.25) is 0 Å². The Kier molecular flexibility index (Phi) is 7.82. The predicted molar refractivity (Wildman–Crippen MR) is 164 cm³/mol. The van der Waals surface area contributed by atoms with Crippen molar-refractivity contribution in [3.8, 4) is 11.3 Å². The van der Waals surface area contributed by atoms with Crippen LogP contribution in [0.15, 0.2) is 42.9 Å². The van der Waals surface area contributed by atoms with Crippen molar-refractivity contribution in [1.29, 1.82) is 0 Å². The molecule has 0 saturated carbocycles. The minimum Gasteiger partial charge on any atom is -0.444 e. The number of likely N-dealkylation sites (tertiary alicyclic amines) is 1. The van der Waals surface area contributed by atoms with Crippen molar-refractivity contribution in [3.05, 3.63) is 48.5 Å². The Labute approximate surface area is 259 Å². The van der Waals surface area contributed by atoms with Gasteiger partial charge in [-0.05, 0) is 74.3 Å². The van der Waals surface area contributed by atoms with Crippen LogP contribution >= 0.6 is 0 Å². The molecule has 4 aromatic rings. The molecule has 242 valence electrons. The highest BCUT2D eigenvalue weighted by molar-refractivity contribution is 6.00. The van der Waals surface area contributed by atoms with Gasteiger partial charge < -0.3 is 19.7 Å². The Bertz CT molecular complexity index is 1760. The molecule has 5 rings (SSSR count). The first-order valence-corrected chi connectivity index (χ1v) is 14.8. The zero-order valence-electron chi connectivity index (χ0n) is 26.7. The summed E-state index contributed by atoms with van der Waals surface area (Å²) in [4.78, 5) is 36.7. The predicted octanol–water partition coefficient (Wildman–Crippen LogP) is 7.74. The first kappa shape index (κ1) is 32.1. The molecular weight excluding hydrogens is 589 g/mol. The molecule has 1 aliphatic rings. The number of hydrogen-bond acceptors (Lipinski definition) is 7. The van der Waals surface area contributed by atoms with Gasteiger partial charge in [0.05, 0.1) is 5.52 Å². The van der Waals surface area contributed by atoms with Gasteiger partial charge in [-0.3, -0.25) is 8.97 Å². The average molecular weight is 629 g/mol. The highest BCUT2D eigenvalue weighted by atomic mass is 19.4. The number of para-hydroxylation sites is 1. The van der Waals surface area contributed by atoms with Gasteiger partial charge in [-0.2, -0.15) is 13.2 Å². The zero-order valence-corrected chi connectivity index (χ0v) is 26.7. The summed E-state index contributed by atoms with van der Waals surface area (Å²) in [5.41, 5.74) is -2.98. The van der Waals surface area contributed by atoms with Crippen molar-refractivity contribution in [1.82, 2.24) is 23.8 Å².